The van der Waals surface area contributed by atoms with Crippen LogP contribution < -0.4 is 5.11 Å². The number of rotatable bonds is 3. The molecule has 1 heterocycles. The third-order valence-electron chi connectivity index (χ3n) is 3.72. The van der Waals surface area contributed by atoms with E-state index in [0.717, 1.165) is 22.0 Å². The fraction of sp³-hybridized carbons (Fsp3) is 0.111. The van der Waals surface area contributed by atoms with Crippen LogP contribution in [-0.2, 0) is 11.2 Å². The molecule has 2 aromatic carbocycles. The maximum absolute atomic E-state index is 11.2. The molecule has 0 atom stereocenters. The van der Waals surface area contributed by atoms with Crippen LogP contribution in [0.3, 0.4) is 0 Å². The molecule has 1 aromatic heterocycles. The van der Waals surface area contributed by atoms with Crippen LogP contribution in [0.15, 0.2) is 42.5 Å². The van der Waals surface area contributed by atoms with E-state index in [1.54, 1.807) is 25.1 Å². The highest BCUT2D eigenvalue weighted by atomic mass is 35.5. The number of benzene rings is 2. The van der Waals surface area contributed by atoms with E-state index < -0.39 is 5.97 Å². The van der Waals surface area contributed by atoms with Crippen LogP contribution in [0.1, 0.15) is 11.3 Å². The Kier molecular flexibility index (Phi) is 4.24. The van der Waals surface area contributed by atoms with E-state index in [1.165, 1.54) is 0 Å². The predicted octanol–water partition coefficient (Wildman–Crippen LogP) is 3.81. The number of halogens is 2. The highest BCUT2D eigenvalue weighted by molar-refractivity contribution is 6.34. The van der Waals surface area contributed by atoms with Gasteiger partial charge in [0.05, 0.1) is 5.52 Å². The van der Waals surface area contributed by atoms with Gasteiger partial charge < -0.3 is 9.90 Å². The summed E-state index contributed by atoms with van der Waals surface area (Å²) in [6.45, 7) is 1.78. The van der Waals surface area contributed by atoms with Crippen molar-refractivity contribution in [2.75, 3.05) is 0 Å². The smallest absolute Gasteiger partial charge is 0.0712 e. The summed E-state index contributed by atoms with van der Waals surface area (Å²) in [5.41, 5.74) is 3.46. The van der Waals surface area contributed by atoms with Gasteiger partial charge in [-0.2, -0.15) is 0 Å². The van der Waals surface area contributed by atoms with E-state index in [9.17, 15) is 9.90 Å². The fourth-order valence-corrected chi connectivity index (χ4v) is 3.13. The standard InChI is InChI=1S/C18H13Cl2NO2/c1-10-13(9-17(22)23)18(12-4-2-3-5-15(12)20)14-8-11(19)6-7-16(14)21-10/h2-8H,9H2,1H3,(H,22,23)/p-1. The summed E-state index contributed by atoms with van der Waals surface area (Å²) in [4.78, 5) is 15.7. The second kappa shape index (κ2) is 6.19. The van der Waals surface area contributed by atoms with Gasteiger partial charge in [-0.15, -0.1) is 0 Å². The van der Waals surface area contributed by atoms with Crippen LogP contribution in [0, 0.1) is 6.92 Å². The number of carboxylic acids is 1. The quantitative estimate of drug-likeness (QED) is 0.725. The summed E-state index contributed by atoms with van der Waals surface area (Å²) in [6.07, 6.45) is -0.234. The number of carbonyl (C=O) groups excluding carboxylic acids is 1. The van der Waals surface area contributed by atoms with E-state index in [-0.39, 0.29) is 6.42 Å². The lowest BCUT2D eigenvalue weighted by Crippen LogP contribution is -2.25. The SMILES string of the molecule is Cc1nc2ccc(Cl)cc2c(-c2ccccc2Cl)c1CC(=O)[O-]. The average molecular weight is 345 g/mol. The normalized spacial score (nSPS) is 10.9. The first-order chi connectivity index (χ1) is 11.0. The van der Waals surface area contributed by atoms with Gasteiger partial charge in [-0.1, -0.05) is 41.4 Å². The molecule has 0 amide bonds. The molecule has 0 unspecified atom stereocenters. The zero-order chi connectivity index (χ0) is 16.6. The zero-order valence-electron chi connectivity index (χ0n) is 12.3. The highest BCUT2D eigenvalue weighted by Gasteiger charge is 2.17. The van der Waals surface area contributed by atoms with E-state index in [4.69, 9.17) is 23.2 Å². The molecule has 0 aliphatic heterocycles. The second-order valence-corrected chi connectivity index (χ2v) is 6.08. The van der Waals surface area contributed by atoms with E-state index >= 15 is 0 Å². The van der Waals surface area contributed by atoms with Crippen molar-refractivity contribution in [2.45, 2.75) is 13.3 Å². The number of aryl methyl sites for hydroxylation is 1. The number of carbonyl (C=O) groups is 1. The first-order valence-electron chi connectivity index (χ1n) is 7.01. The Bertz CT molecular complexity index is 922. The minimum Gasteiger partial charge on any atom is -0.550 e. The van der Waals surface area contributed by atoms with Gasteiger partial charge in [0.1, 0.15) is 0 Å². The maximum Gasteiger partial charge on any atom is 0.0712 e. The lowest BCUT2D eigenvalue weighted by atomic mass is 9.92. The van der Waals surface area contributed by atoms with Crippen molar-refractivity contribution in [3.63, 3.8) is 0 Å². The first kappa shape index (κ1) is 15.8. The van der Waals surface area contributed by atoms with Gasteiger partial charge in [0, 0.05) is 39.1 Å². The molecule has 116 valence electrons. The molecule has 0 N–H and O–H groups in total. The molecule has 0 saturated carbocycles. The molecular weight excluding hydrogens is 333 g/mol. The molecule has 0 bridgehead atoms. The molecule has 5 heteroatoms. The maximum atomic E-state index is 11.2. The van der Waals surface area contributed by atoms with E-state index in [1.807, 2.05) is 24.3 Å². The number of hydrogen-bond donors (Lipinski definition) is 0. The third kappa shape index (κ3) is 3.03. The van der Waals surface area contributed by atoms with E-state index in [2.05, 4.69) is 4.98 Å². The summed E-state index contributed by atoms with van der Waals surface area (Å²) in [7, 11) is 0. The molecule has 3 aromatic rings. The Morgan fingerprint density at radius 3 is 2.61 bits per heavy atom. The van der Waals surface area contributed by atoms with Crippen LogP contribution in [0.2, 0.25) is 10.0 Å². The molecule has 0 radical (unpaired) electrons. The molecule has 0 aliphatic carbocycles. The summed E-state index contributed by atoms with van der Waals surface area (Å²) in [5, 5.41) is 13.1. The number of pyridine rings is 1. The second-order valence-electron chi connectivity index (χ2n) is 5.24. The fourth-order valence-electron chi connectivity index (χ4n) is 2.73. The van der Waals surface area contributed by atoms with Crippen molar-refractivity contribution in [1.29, 1.82) is 0 Å². The number of aromatic nitrogens is 1. The molecule has 0 spiro atoms. The molecule has 23 heavy (non-hydrogen) atoms. The molecule has 3 nitrogen and oxygen atoms in total. The molecule has 3 rings (SSSR count). The van der Waals surface area contributed by atoms with Crippen LogP contribution in [0.4, 0.5) is 0 Å². The van der Waals surface area contributed by atoms with Gasteiger partial charge >= 0.3 is 0 Å². The number of aliphatic carboxylic acids is 1. The van der Waals surface area contributed by atoms with Gasteiger partial charge in [-0.05, 0) is 42.3 Å². The Morgan fingerprint density at radius 1 is 1.17 bits per heavy atom. The van der Waals surface area contributed by atoms with Crippen molar-refractivity contribution in [1.82, 2.24) is 4.98 Å². The van der Waals surface area contributed by atoms with Gasteiger partial charge in [0.2, 0.25) is 0 Å². The monoisotopic (exact) mass is 344 g/mol. The summed E-state index contributed by atoms with van der Waals surface area (Å²) in [6, 6.07) is 12.7. The van der Waals surface area contributed by atoms with E-state index in [0.29, 0.717) is 21.3 Å². The number of hydrogen-bond acceptors (Lipinski definition) is 3. The average Bonchev–Trinajstić information content (AvgIpc) is 2.49. The molecule has 0 saturated heterocycles. The van der Waals surface area contributed by atoms with Crippen molar-refractivity contribution in [2.24, 2.45) is 0 Å². The van der Waals surface area contributed by atoms with Crippen LogP contribution in [0.5, 0.6) is 0 Å². The van der Waals surface area contributed by atoms with Crippen molar-refractivity contribution >= 4 is 40.1 Å². The van der Waals surface area contributed by atoms with Gasteiger partial charge in [-0.3, -0.25) is 4.98 Å². The minimum absolute atomic E-state index is 0.234. The van der Waals surface area contributed by atoms with Crippen molar-refractivity contribution in [3.8, 4) is 11.1 Å². The molecular formula is C18H12Cl2NO2-. The Labute approximate surface area is 143 Å². The van der Waals surface area contributed by atoms with Crippen molar-refractivity contribution < 1.29 is 9.90 Å². The molecule has 0 fully saturated rings. The third-order valence-corrected chi connectivity index (χ3v) is 4.28. The predicted molar refractivity (Wildman–Crippen MR) is 90.6 cm³/mol. The zero-order valence-corrected chi connectivity index (χ0v) is 13.8. The lowest BCUT2D eigenvalue weighted by Gasteiger charge is -2.17. The number of fused-ring (bicyclic) bond motifs is 1. The number of nitrogens with zero attached hydrogens (tertiary/aromatic N) is 1. The first-order valence-corrected chi connectivity index (χ1v) is 7.76. The van der Waals surface area contributed by atoms with Crippen LogP contribution >= 0.6 is 23.2 Å². The number of carboxylic acid groups (broad SMARTS) is 1. The lowest BCUT2D eigenvalue weighted by molar-refractivity contribution is -0.304. The highest BCUT2D eigenvalue weighted by Crippen LogP contribution is 2.38. The molecule has 0 aliphatic rings. The summed E-state index contributed by atoms with van der Waals surface area (Å²) >= 11 is 12.5. The summed E-state index contributed by atoms with van der Waals surface area (Å²) in [5.74, 6) is -1.16. The Hall–Kier alpha value is -2.10. The topological polar surface area (TPSA) is 53.0 Å². The summed E-state index contributed by atoms with van der Waals surface area (Å²) < 4.78 is 0. The Morgan fingerprint density at radius 2 is 1.91 bits per heavy atom. The Balaban J connectivity index is 2.45. The van der Waals surface area contributed by atoms with Gasteiger partial charge in [0.15, 0.2) is 0 Å². The largest absolute Gasteiger partial charge is 0.550 e. The minimum atomic E-state index is -1.16. The van der Waals surface area contributed by atoms with Crippen LogP contribution in [0.25, 0.3) is 22.0 Å². The van der Waals surface area contributed by atoms with Gasteiger partial charge in [-0.25, -0.2) is 0 Å². The van der Waals surface area contributed by atoms with Crippen LogP contribution in [-0.4, -0.2) is 11.0 Å². The van der Waals surface area contributed by atoms with Crippen molar-refractivity contribution in [3.05, 3.63) is 63.8 Å². The van der Waals surface area contributed by atoms with Gasteiger partial charge in [0.25, 0.3) is 0 Å².